The van der Waals surface area contributed by atoms with Crippen LogP contribution in [0.3, 0.4) is 0 Å². The Hall–Kier alpha value is -0.820. The second kappa shape index (κ2) is 5.01. The van der Waals surface area contributed by atoms with E-state index in [2.05, 4.69) is 38.2 Å². The van der Waals surface area contributed by atoms with Gasteiger partial charge in [-0.1, -0.05) is 19.1 Å². The second-order valence-corrected chi connectivity index (χ2v) is 5.00. The zero-order valence-corrected chi connectivity index (χ0v) is 10.8. The van der Waals surface area contributed by atoms with Gasteiger partial charge in [-0.3, -0.25) is 0 Å². The van der Waals surface area contributed by atoms with Crippen molar-refractivity contribution in [3.63, 3.8) is 0 Å². The van der Waals surface area contributed by atoms with Crippen molar-refractivity contribution < 1.29 is 0 Å². The molecule has 1 aromatic rings. The van der Waals surface area contributed by atoms with Crippen LogP contribution in [0, 0.1) is 13.8 Å². The molecule has 1 heterocycles. The Labute approximate surface area is 99.3 Å². The SMILES string of the molecule is CCc1cc(C)c(C)c(C2CCNCC2)c1. The molecule has 0 radical (unpaired) electrons. The molecule has 1 nitrogen and oxygen atoms in total. The van der Waals surface area contributed by atoms with Crippen molar-refractivity contribution >= 4 is 0 Å². The van der Waals surface area contributed by atoms with Gasteiger partial charge in [0.05, 0.1) is 0 Å². The molecule has 1 heteroatoms. The quantitative estimate of drug-likeness (QED) is 0.801. The van der Waals surface area contributed by atoms with Gasteiger partial charge in [0.25, 0.3) is 0 Å². The molecule has 1 N–H and O–H groups in total. The molecule has 1 aliphatic heterocycles. The third-order valence-corrected chi connectivity index (χ3v) is 3.95. The molecule has 1 saturated heterocycles. The maximum Gasteiger partial charge on any atom is -0.00431 e. The largest absolute Gasteiger partial charge is 0.317 e. The molecule has 0 unspecified atom stereocenters. The average Bonchev–Trinajstić information content (AvgIpc) is 2.33. The number of rotatable bonds is 2. The summed E-state index contributed by atoms with van der Waals surface area (Å²) >= 11 is 0. The predicted octanol–water partition coefficient (Wildman–Crippen LogP) is 3.33. The van der Waals surface area contributed by atoms with Crippen molar-refractivity contribution in [3.05, 3.63) is 34.4 Å². The Bertz CT molecular complexity index is 362. The minimum absolute atomic E-state index is 0.784. The van der Waals surface area contributed by atoms with Gasteiger partial charge in [-0.15, -0.1) is 0 Å². The second-order valence-electron chi connectivity index (χ2n) is 5.00. The molecular weight excluding hydrogens is 194 g/mol. The number of aryl methyl sites for hydroxylation is 2. The molecule has 0 aliphatic carbocycles. The Balaban J connectivity index is 2.33. The number of nitrogens with one attached hydrogen (secondary N) is 1. The summed E-state index contributed by atoms with van der Waals surface area (Å²) in [5, 5.41) is 3.45. The van der Waals surface area contributed by atoms with Crippen LogP contribution < -0.4 is 5.32 Å². The van der Waals surface area contributed by atoms with Gasteiger partial charge in [-0.25, -0.2) is 0 Å². The Morgan fingerprint density at radius 1 is 1.19 bits per heavy atom. The first-order valence-electron chi connectivity index (χ1n) is 6.53. The van der Waals surface area contributed by atoms with Crippen molar-refractivity contribution in [2.75, 3.05) is 13.1 Å². The summed E-state index contributed by atoms with van der Waals surface area (Å²) < 4.78 is 0. The fourth-order valence-corrected chi connectivity index (χ4v) is 2.72. The molecule has 88 valence electrons. The highest BCUT2D eigenvalue weighted by atomic mass is 14.9. The van der Waals surface area contributed by atoms with Gasteiger partial charge in [-0.2, -0.15) is 0 Å². The number of benzene rings is 1. The molecular formula is C15H23N. The Kier molecular flexibility index (Phi) is 3.65. The van der Waals surface area contributed by atoms with Crippen molar-refractivity contribution in [3.8, 4) is 0 Å². The first-order valence-corrected chi connectivity index (χ1v) is 6.53. The van der Waals surface area contributed by atoms with Gasteiger partial charge in [0.15, 0.2) is 0 Å². The lowest BCUT2D eigenvalue weighted by Crippen LogP contribution is -2.27. The van der Waals surface area contributed by atoms with Crippen molar-refractivity contribution in [1.82, 2.24) is 5.32 Å². The van der Waals surface area contributed by atoms with E-state index < -0.39 is 0 Å². The molecule has 0 aromatic heterocycles. The van der Waals surface area contributed by atoms with E-state index in [9.17, 15) is 0 Å². The van der Waals surface area contributed by atoms with E-state index in [-0.39, 0.29) is 0 Å². The lowest BCUT2D eigenvalue weighted by Gasteiger charge is -2.25. The van der Waals surface area contributed by atoms with Crippen LogP contribution in [-0.2, 0) is 6.42 Å². The van der Waals surface area contributed by atoms with Crippen molar-refractivity contribution in [1.29, 1.82) is 0 Å². The lowest BCUT2D eigenvalue weighted by molar-refractivity contribution is 0.459. The first-order chi connectivity index (χ1) is 7.72. The van der Waals surface area contributed by atoms with Gasteiger partial charge in [0.1, 0.15) is 0 Å². The monoisotopic (exact) mass is 217 g/mol. The van der Waals surface area contributed by atoms with E-state index in [0.29, 0.717) is 0 Å². The van der Waals surface area contributed by atoms with Crippen LogP contribution >= 0.6 is 0 Å². The highest BCUT2D eigenvalue weighted by molar-refractivity contribution is 5.40. The number of hydrogen-bond donors (Lipinski definition) is 1. The van der Waals surface area contributed by atoms with Crippen LogP contribution in [0.1, 0.15) is 47.9 Å². The van der Waals surface area contributed by atoms with E-state index >= 15 is 0 Å². The molecule has 0 amide bonds. The third-order valence-electron chi connectivity index (χ3n) is 3.95. The van der Waals surface area contributed by atoms with Crippen LogP contribution in [0.25, 0.3) is 0 Å². The minimum Gasteiger partial charge on any atom is -0.317 e. The highest BCUT2D eigenvalue weighted by Gasteiger charge is 2.18. The maximum absolute atomic E-state index is 3.45. The zero-order chi connectivity index (χ0) is 11.5. The standard InChI is InChI=1S/C15H23N/c1-4-13-9-11(2)12(3)15(10-13)14-5-7-16-8-6-14/h9-10,14,16H,4-8H2,1-3H3. The molecule has 1 aromatic carbocycles. The van der Waals surface area contributed by atoms with E-state index in [1.54, 1.807) is 5.56 Å². The molecule has 2 rings (SSSR count). The van der Waals surface area contributed by atoms with E-state index in [1.807, 2.05) is 0 Å². The van der Waals surface area contributed by atoms with Gasteiger partial charge in [0, 0.05) is 0 Å². The fraction of sp³-hybridized carbons (Fsp3) is 0.600. The third kappa shape index (κ3) is 2.30. The average molecular weight is 217 g/mol. The van der Waals surface area contributed by atoms with E-state index in [0.717, 1.165) is 12.3 Å². The topological polar surface area (TPSA) is 12.0 Å². The Morgan fingerprint density at radius 3 is 2.50 bits per heavy atom. The van der Waals surface area contributed by atoms with Crippen molar-refractivity contribution in [2.45, 2.75) is 46.0 Å². The molecule has 0 bridgehead atoms. The minimum atomic E-state index is 0.784. The molecule has 0 saturated carbocycles. The first kappa shape index (κ1) is 11.7. The summed E-state index contributed by atoms with van der Waals surface area (Å²) in [6.07, 6.45) is 3.75. The summed E-state index contributed by atoms with van der Waals surface area (Å²) in [7, 11) is 0. The molecule has 16 heavy (non-hydrogen) atoms. The van der Waals surface area contributed by atoms with Crippen LogP contribution in [0.5, 0.6) is 0 Å². The summed E-state index contributed by atoms with van der Waals surface area (Å²) in [4.78, 5) is 0. The highest BCUT2D eigenvalue weighted by Crippen LogP contribution is 2.30. The Morgan fingerprint density at radius 2 is 1.88 bits per heavy atom. The molecule has 1 aliphatic rings. The predicted molar refractivity (Wildman–Crippen MR) is 70.1 cm³/mol. The summed E-state index contributed by atoms with van der Waals surface area (Å²) in [6, 6.07) is 4.79. The lowest BCUT2D eigenvalue weighted by atomic mass is 9.84. The van der Waals surface area contributed by atoms with Gasteiger partial charge >= 0.3 is 0 Å². The fourth-order valence-electron chi connectivity index (χ4n) is 2.72. The van der Waals surface area contributed by atoms with Crippen molar-refractivity contribution in [2.24, 2.45) is 0 Å². The van der Waals surface area contributed by atoms with Gasteiger partial charge < -0.3 is 5.32 Å². The summed E-state index contributed by atoms with van der Waals surface area (Å²) in [5.41, 5.74) is 6.09. The van der Waals surface area contributed by atoms with Crippen LogP contribution in [0.2, 0.25) is 0 Å². The normalized spacial score (nSPS) is 17.7. The van der Waals surface area contributed by atoms with E-state index in [1.165, 1.54) is 42.6 Å². The number of hydrogen-bond acceptors (Lipinski definition) is 1. The van der Waals surface area contributed by atoms with E-state index in [4.69, 9.17) is 0 Å². The van der Waals surface area contributed by atoms with Gasteiger partial charge in [0.2, 0.25) is 0 Å². The number of piperidine rings is 1. The maximum atomic E-state index is 3.45. The molecule has 0 spiro atoms. The van der Waals surface area contributed by atoms with Crippen LogP contribution in [0.15, 0.2) is 12.1 Å². The zero-order valence-electron chi connectivity index (χ0n) is 10.8. The molecule has 1 fully saturated rings. The van der Waals surface area contributed by atoms with Gasteiger partial charge in [-0.05, 0) is 74.4 Å². The summed E-state index contributed by atoms with van der Waals surface area (Å²) in [5.74, 6) is 0.784. The molecule has 0 atom stereocenters. The van der Waals surface area contributed by atoms with Crippen LogP contribution in [0.4, 0.5) is 0 Å². The van der Waals surface area contributed by atoms with Crippen LogP contribution in [-0.4, -0.2) is 13.1 Å². The smallest absolute Gasteiger partial charge is 0.00431 e. The summed E-state index contributed by atoms with van der Waals surface area (Å²) in [6.45, 7) is 9.14.